The van der Waals surface area contributed by atoms with Gasteiger partial charge in [0.15, 0.2) is 22.9 Å². The summed E-state index contributed by atoms with van der Waals surface area (Å²) in [5, 5.41) is 26.8. The van der Waals surface area contributed by atoms with Crippen LogP contribution in [-0.2, 0) is 14.3 Å². The number of esters is 1. The van der Waals surface area contributed by atoms with Gasteiger partial charge in [0.25, 0.3) is 5.95 Å². The van der Waals surface area contributed by atoms with Crippen LogP contribution in [0.3, 0.4) is 0 Å². The number of benzene rings is 1. The molecule has 25 heavy (non-hydrogen) atoms. The highest BCUT2D eigenvalue weighted by atomic mass is 16.6. The molecule has 1 rings (SSSR count). The van der Waals surface area contributed by atoms with E-state index in [1.807, 2.05) is 0 Å². The summed E-state index contributed by atoms with van der Waals surface area (Å²) in [6, 6.07) is 4.59. The fourth-order valence-corrected chi connectivity index (χ4v) is 1.71. The van der Waals surface area contributed by atoms with Crippen molar-refractivity contribution in [1.82, 2.24) is 0 Å². The number of ether oxygens (including phenoxy) is 3. The summed E-state index contributed by atoms with van der Waals surface area (Å²) in [5.41, 5.74) is 5.79. The second kappa shape index (κ2) is 9.81. The lowest BCUT2D eigenvalue weighted by molar-refractivity contribution is -0.138. The van der Waals surface area contributed by atoms with Gasteiger partial charge in [-0.1, -0.05) is 0 Å². The first kappa shape index (κ1) is 19.8. The number of nitrogens with zero attached hydrogens (tertiary/aromatic N) is 2. The molecule has 0 bridgehead atoms. The zero-order valence-corrected chi connectivity index (χ0v) is 14.2. The second-order valence-corrected chi connectivity index (χ2v) is 4.49. The van der Waals surface area contributed by atoms with Crippen molar-refractivity contribution in [3.05, 3.63) is 35.3 Å². The van der Waals surface area contributed by atoms with E-state index in [9.17, 15) is 15.0 Å². The van der Waals surface area contributed by atoms with Crippen molar-refractivity contribution in [2.24, 2.45) is 15.9 Å². The fourth-order valence-electron chi connectivity index (χ4n) is 1.71. The summed E-state index contributed by atoms with van der Waals surface area (Å²) < 4.78 is 14.6. The van der Waals surface area contributed by atoms with E-state index in [0.717, 1.165) is 0 Å². The zero-order valence-electron chi connectivity index (χ0n) is 14.2. The first-order valence-corrected chi connectivity index (χ1v) is 7.41. The van der Waals surface area contributed by atoms with Crippen LogP contribution in [0.5, 0.6) is 11.5 Å². The summed E-state index contributed by atoms with van der Waals surface area (Å²) >= 11 is 0. The highest BCUT2D eigenvalue weighted by Crippen LogP contribution is 2.25. The Morgan fingerprint density at radius 3 is 2.52 bits per heavy atom. The van der Waals surface area contributed by atoms with Crippen molar-refractivity contribution in [3.8, 4) is 11.5 Å². The molecule has 0 unspecified atom stereocenters. The van der Waals surface area contributed by atoms with Gasteiger partial charge in [-0.2, -0.15) is 5.10 Å². The van der Waals surface area contributed by atoms with Gasteiger partial charge in [-0.05, 0) is 37.6 Å². The fraction of sp³-hybridized carbons (Fsp3) is 0.312. The Labute approximate surface area is 145 Å². The smallest absolute Gasteiger partial charge is 0.349 e. The highest BCUT2D eigenvalue weighted by Gasteiger charge is 2.22. The van der Waals surface area contributed by atoms with E-state index in [4.69, 9.17) is 19.9 Å². The van der Waals surface area contributed by atoms with Crippen LogP contribution in [-0.4, -0.2) is 48.6 Å². The molecule has 4 N–H and O–H groups in total. The van der Waals surface area contributed by atoms with Crippen molar-refractivity contribution in [3.63, 3.8) is 0 Å². The number of aromatic hydroxyl groups is 1. The van der Waals surface area contributed by atoms with Gasteiger partial charge in [-0.15, -0.1) is 5.10 Å². The predicted octanol–water partition coefficient (Wildman–Crippen LogP) is 1.46. The van der Waals surface area contributed by atoms with Crippen LogP contribution >= 0.6 is 0 Å². The average molecular weight is 351 g/mol. The molecular weight excluding hydrogens is 330 g/mol. The number of phenols is 1. The average Bonchev–Trinajstić information content (AvgIpc) is 2.55. The van der Waals surface area contributed by atoms with Gasteiger partial charge < -0.3 is 30.2 Å². The lowest BCUT2D eigenvalue weighted by Gasteiger charge is -2.08. The minimum atomic E-state index is -0.882. The number of hydrogen-bond donors (Lipinski definition) is 3. The maximum Gasteiger partial charge on any atom is 0.349 e. The van der Waals surface area contributed by atoms with Crippen molar-refractivity contribution < 1.29 is 29.2 Å². The topological polar surface area (TPSA) is 136 Å². The van der Waals surface area contributed by atoms with Crippen LogP contribution in [0.25, 0.3) is 0 Å². The number of aliphatic hydroxyl groups is 1. The molecule has 0 saturated heterocycles. The number of hydrogen-bond acceptors (Lipinski definition) is 8. The summed E-state index contributed by atoms with van der Waals surface area (Å²) in [6.45, 7) is 3.44. The number of rotatable bonds is 8. The van der Waals surface area contributed by atoms with E-state index in [1.54, 1.807) is 26.0 Å². The molecule has 0 heterocycles. The van der Waals surface area contributed by atoms with Crippen LogP contribution in [0, 0.1) is 0 Å². The third-order valence-electron chi connectivity index (χ3n) is 2.81. The van der Waals surface area contributed by atoms with E-state index in [0.29, 0.717) is 11.3 Å². The van der Waals surface area contributed by atoms with Crippen molar-refractivity contribution in [2.45, 2.75) is 13.8 Å². The first-order valence-electron chi connectivity index (χ1n) is 7.41. The van der Waals surface area contributed by atoms with Gasteiger partial charge in [0.1, 0.15) is 0 Å². The Morgan fingerprint density at radius 2 is 1.96 bits per heavy atom. The van der Waals surface area contributed by atoms with Gasteiger partial charge in [0.2, 0.25) is 0 Å². The maximum atomic E-state index is 11.9. The standard InChI is InChI=1S/C16H21N3O6/c1-4-24-15(21)13(16(22)25-5-2)14(17)19-18-9-10-6-7-12(23-3)11(20)8-10/h6-9,20-21H,4-5H2,1-3H3,(H2,17,19)/b15-13+,18-9+. The normalized spacial score (nSPS) is 12.7. The van der Waals surface area contributed by atoms with Gasteiger partial charge in [0.05, 0.1) is 26.5 Å². The highest BCUT2D eigenvalue weighted by molar-refractivity contribution is 6.18. The van der Waals surface area contributed by atoms with Crippen molar-refractivity contribution in [2.75, 3.05) is 20.3 Å². The Kier molecular flexibility index (Phi) is 7.77. The zero-order chi connectivity index (χ0) is 18.8. The molecule has 0 saturated carbocycles. The van der Waals surface area contributed by atoms with E-state index >= 15 is 0 Å². The maximum absolute atomic E-state index is 11.9. The van der Waals surface area contributed by atoms with Crippen LogP contribution in [0.2, 0.25) is 0 Å². The molecule has 9 heteroatoms. The van der Waals surface area contributed by atoms with Gasteiger partial charge in [-0.25, -0.2) is 4.79 Å². The number of aliphatic hydroxyl groups excluding tert-OH is 1. The molecular formula is C16H21N3O6. The summed E-state index contributed by atoms with van der Waals surface area (Å²) in [7, 11) is 1.43. The largest absolute Gasteiger partial charge is 0.504 e. The Balaban J connectivity index is 3.04. The first-order chi connectivity index (χ1) is 11.9. The summed E-state index contributed by atoms with van der Waals surface area (Å²) in [4.78, 5) is 11.9. The number of nitrogens with two attached hydrogens (primary N) is 1. The quantitative estimate of drug-likeness (QED) is 0.161. The molecule has 0 spiro atoms. The number of methoxy groups -OCH3 is 1. The van der Waals surface area contributed by atoms with Crippen molar-refractivity contribution in [1.29, 1.82) is 0 Å². The van der Waals surface area contributed by atoms with Crippen molar-refractivity contribution >= 4 is 18.0 Å². The third kappa shape index (κ3) is 5.72. The number of carbonyl (C=O) groups is 1. The SMILES string of the molecule is CCOC(=O)C(/C(N)=N\N=C\c1ccc(OC)c(O)c1)=C(\O)OCC. The lowest BCUT2D eigenvalue weighted by atomic mass is 10.2. The minimum absolute atomic E-state index is 0.0653. The molecule has 1 aromatic rings. The van der Waals surface area contributed by atoms with Crippen LogP contribution < -0.4 is 10.5 Å². The van der Waals surface area contributed by atoms with E-state index in [2.05, 4.69) is 10.2 Å². The molecule has 0 aromatic heterocycles. The predicted molar refractivity (Wildman–Crippen MR) is 91.8 cm³/mol. The molecule has 136 valence electrons. The van der Waals surface area contributed by atoms with Crippen LogP contribution in [0.15, 0.2) is 39.9 Å². The van der Waals surface area contributed by atoms with E-state index in [-0.39, 0.29) is 24.8 Å². The molecule has 0 amide bonds. The van der Waals surface area contributed by atoms with Gasteiger partial charge in [0, 0.05) is 0 Å². The molecule has 0 fully saturated rings. The van der Waals surface area contributed by atoms with E-state index in [1.165, 1.54) is 19.4 Å². The number of carbonyl (C=O) groups excluding carboxylic acids is 1. The molecule has 0 aliphatic heterocycles. The number of phenolic OH excluding ortho intramolecular Hbond substituents is 1. The molecule has 0 atom stereocenters. The Hall–Kier alpha value is -3.23. The minimum Gasteiger partial charge on any atom is -0.504 e. The molecule has 9 nitrogen and oxygen atoms in total. The number of amidine groups is 1. The van der Waals surface area contributed by atoms with Gasteiger partial charge >= 0.3 is 5.97 Å². The van der Waals surface area contributed by atoms with Gasteiger partial charge in [-0.3, -0.25) is 0 Å². The second-order valence-electron chi connectivity index (χ2n) is 4.49. The third-order valence-corrected chi connectivity index (χ3v) is 2.81. The van der Waals surface area contributed by atoms with E-state index < -0.39 is 17.5 Å². The molecule has 0 aliphatic rings. The lowest BCUT2D eigenvalue weighted by Crippen LogP contribution is -2.25. The molecule has 0 aliphatic carbocycles. The Morgan fingerprint density at radius 1 is 1.28 bits per heavy atom. The van der Waals surface area contributed by atoms with Crippen LogP contribution in [0.1, 0.15) is 19.4 Å². The summed E-state index contributed by atoms with van der Waals surface area (Å²) in [6.07, 6.45) is 1.30. The van der Waals surface area contributed by atoms with Crippen LogP contribution in [0.4, 0.5) is 0 Å². The molecule has 0 radical (unpaired) electrons. The Bertz CT molecular complexity index is 697. The monoisotopic (exact) mass is 351 g/mol. The molecule has 1 aromatic carbocycles. The summed E-state index contributed by atoms with van der Waals surface area (Å²) in [5.74, 6) is -1.70.